The third-order valence-electron chi connectivity index (χ3n) is 4.41. The van der Waals surface area contributed by atoms with E-state index in [1.165, 1.54) is 6.42 Å². The van der Waals surface area contributed by atoms with E-state index in [0.29, 0.717) is 11.7 Å². The number of nitrogens with zero attached hydrogens (tertiary/aromatic N) is 2. The summed E-state index contributed by atoms with van der Waals surface area (Å²) in [7, 11) is 0. The second kappa shape index (κ2) is 7.46. The number of anilines is 1. The molecule has 1 aromatic carbocycles. The smallest absolute Gasteiger partial charge is 0.254 e. The fourth-order valence-corrected chi connectivity index (χ4v) is 3.03. The normalized spacial score (nSPS) is 19.0. The van der Waals surface area contributed by atoms with Gasteiger partial charge in [-0.15, -0.1) is 0 Å². The number of piperidine rings is 1. The average Bonchev–Trinajstić information content (AvgIpc) is 2.53. The van der Waals surface area contributed by atoms with Crippen molar-refractivity contribution < 1.29 is 4.79 Å². The monoisotopic (exact) mass is 289 g/mol. The number of hydrogen-bond acceptors (Lipinski definition) is 3. The molecule has 1 unspecified atom stereocenters. The van der Waals surface area contributed by atoms with Gasteiger partial charge in [-0.3, -0.25) is 4.79 Å². The molecule has 1 heterocycles. The lowest BCUT2D eigenvalue weighted by Gasteiger charge is -2.38. The first-order valence-corrected chi connectivity index (χ1v) is 8.04. The van der Waals surface area contributed by atoms with Crippen LogP contribution in [0.3, 0.4) is 0 Å². The first-order chi connectivity index (χ1) is 10.2. The van der Waals surface area contributed by atoms with Crippen molar-refractivity contribution in [2.45, 2.75) is 39.2 Å². The van der Waals surface area contributed by atoms with Crippen LogP contribution < -0.4 is 5.73 Å². The molecule has 1 fully saturated rings. The number of rotatable bonds is 5. The lowest BCUT2D eigenvalue weighted by Crippen LogP contribution is -2.49. The molecule has 0 spiro atoms. The molecule has 1 aromatic rings. The molecule has 4 nitrogen and oxygen atoms in total. The van der Waals surface area contributed by atoms with Crippen LogP contribution in [-0.4, -0.2) is 47.9 Å². The SMILES string of the molecule is CCN(CC)CC1CCCCN1C(=O)c1ccc(N)cc1. The van der Waals surface area contributed by atoms with Crippen LogP contribution in [-0.2, 0) is 0 Å². The van der Waals surface area contributed by atoms with E-state index in [2.05, 4.69) is 23.6 Å². The average molecular weight is 289 g/mol. The van der Waals surface area contributed by atoms with Gasteiger partial charge >= 0.3 is 0 Å². The van der Waals surface area contributed by atoms with E-state index >= 15 is 0 Å². The van der Waals surface area contributed by atoms with Gasteiger partial charge in [-0.1, -0.05) is 13.8 Å². The van der Waals surface area contributed by atoms with Crippen molar-refractivity contribution >= 4 is 11.6 Å². The summed E-state index contributed by atoms with van der Waals surface area (Å²) in [5.41, 5.74) is 7.15. The summed E-state index contributed by atoms with van der Waals surface area (Å²) in [6, 6.07) is 7.61. The van der Waals surface area contributed by atoms with Crippen molar-refractivity contribution in [3.8, 4) is 0 Å². The maximum atomic E-state index is 12.7. The summed E-state index contributed by atoms with van der Waals surface area (Å²) >= 11 is 0. The molecule has 0 radical (unpaired) electrons. The molecular formula is C17H27N3O. The summed E-state index contributed by atoms with van der Waals surface area (Å²) in [5.74, 6) is 0.145. The highest BCUT2D eigenvalue weighted by atomic mass is 16.2. The van der Waals surface area contributed by atoms with E-state index in [9.17, 15) is 4.79 Å². The number of likely N-dealkylation sites (N-methyl/N-ethyl adjacent to an activating group) is 1. The van der Waals surface area contributed by atoms with Gasteiger partial charge in [0.25, 0.3) is 5.91 Å². The number of carbonyl (C=O) groups excluding carboxylic acids is 1. The minimum atomic E-state index is 0.145. The highest BCUT2D eigenvalue weighted by Crippen LogP contribution is 2.21. The molecule has 4 heteroatoms. The van der Waals surface area contributed by atoms with Gasteiger partial charge in [0.1, 0.15) is 0 Å². The fraction of sp³-hybridized carbons (Fsp3) is 0.588. The molecule has 1 amide bonds. The number of likely N-dealkylation sites (tertiary alicyclic amines) is 1. The van der Waals surface area contributed by atoms with Crippen molar-refractivity contribution in [3.05, 3.63) is 29.8 Å². The van der Waals surface area contributed by atoms with Gasteiger partial charge in [-0.25, -0.2) is 0 Å². The number of hydrogen-bond donors (Lipinski definition) is 1. The highest BCUT2D eigenvalue weighted by molar-refractivity contribution is 5.94. The number of nitrogens with two attached hydrogens (primary N) is 1. The zero-order valence-electron chi connectivity index (χ0n) is 13.2. The van der Waals surface area contributed by atoms with Gasteiger partial charge in [0, 0.05) is 30.4 Å². The zero-order valence-corrected chi connectivity index (χ0v) is 13.2. The maximum absolute atomic E-state index is 12.7. The Balaban J connectivity index is 2.10. The summed E-state index contributed by atoms with van der Waals surface area (Å²) < 4.78 is 0. The Morgan fingerprint density at radius 1 is 1.24 bits per heavy atom. The molecule has 21 heavy (non-hydrogen) atoms. The molecule has 0 aromatic heterocycles. The maximum Gasteiger partial charge on any atom is 0.254 e. The first kappa shape index (κ1) is 15.8. The largest absolute Gasteiger partial charge is 0.399 e. The molecule has 2 N–H and O–H groups in total. The van der Waals surface area contributed by atoms with Crippen LogP contribution >= 0.6 is 0 Å². The Morgan fingerprint density at radius 2 is 1.90 bits per heavy atom. The summed E-state index contributed by atoms with van der Waals surface area (Å²) in [6.45, 7) is 8.29. The number of carbonyl (C=O) groups is 1. The molecule has 0 aliphatic carbocycles. The Morgan fingerprint density at radius 3 is 2.52 bits per heavy atom. The van der Waals surface area contributed by atoms with E-state index < -0.39 is 0 Å². The van der Waals surface area contributed by atoms with Crippen LogP contribution in [0.2, 0.25) is 0 Å². The van der Waals surface area contributed by atoms with Crippen molar-refractivity contribution in [2.24, 2.45) is 0 Å². The summed E-state index contributed by atoms with van der Waals surface area (Å²) in [5, 5.41) is 0. The number of benzene rings is 1. The van der Waals surface area contributed by atoms with Gasteiger partial charge in [0.05, 0.1) is 0 Å². The second-order valence-corrected chi connectivity index (χ2v) is 5.76. The van der Waals surface area contributed by atoms with Crippen LogP contribution in [0.15, 0.2) is 24.3 Å². The quantitative estimate of drug-likeness (QED) is 0.848. The molecule has 1 aliphatic rings. The minimum absolute atomic E-state index is 0.145. The third-order valence-corrected chi connectivity index (χ3v) is 4.41. The van der Waals surface area contributed by atoms with Crippen LogP contribution in [0, 0.1) is 0 Å². The minimum Gasteiger partial charge on any atom is -0.399 e. The van der Waals surface area contributed by atoms with E-state index in [4.69, 9.17) is 5.73 Å². The molecule has 1 aliphatic heterocycles. The van der Waals surface area contributed by atoms with Gasteiger partial charge < -0.3 is 15.5 Å². The molecule has 0 saturated carbocycles. The molecular weight excluding hydrogens is 262 g/mol. The summed E-state index contributed by atoms with van der Waals surface area (Å²) in [4.78, 5) is 17.2. The van der Waals surface area contributed by atoms with Gasteiger partial charge in [-0.2, -0.15) is 0 Å². The Hall–Kier alpha value is -1.55. The molecule has 2 rings (SSSR count). The molecule has 1 saturated heterocycles. The van der Waals surface area contributed by atoms with E-state index in [1.807, 2.05) is 12.1 Å². The topological polar surface area (TPSA) is 49.6 Å². The van der Waals surface area contributed by atoms with Crippen LogP contribution in [0.5, 0.6) is 0 Å². The van der Waals surface area contributed by atoms with Gasteiger partial charge in [-0.05, 0) is 56.6 Å². The number of nitrogen functional groups attached to an aromatic ring is 1. The van der Waals surface area contributed by atoms with Crippen LogP contribution in [0.4, 0.5) is 5.69 Å². The summed E-state index contributed by atoms with van der Waals surface area (Å²) in [6.07, 6.45) is 3.43. The molecule has 0 bridgehead atoms. The first-order valence-electron chi connectivity index (χ1n) is 8.04. The van der Waals surface area contributed by atoms with Gasteiger partial charge in [0.15, 0.2) is 0 Å². The standard InChI is InChI=1S/C17H27N3O/c1-3-19(4-2)13-16-7-5-6-12-20(16)17(21)14-8-10-15(18)11-9-14/h8-11,16H,3-7,12-13,18H2,1-2H3. The zero-order chi connectivity index (χ0) is 15.2. The second-order valence-electron chi connectivity index (χ2n) is 5.76. The number of amides is 1. The van der Waals surface area contributed by atoms with Crippen molar-refractivity contribution in [2.75, 3.05) is 31.9 Å². The van der Waals surface area contributed by atoms with Crippen molar-refractivity contribution in [1.82, 2.24) is 9.80 Å². The molecule has 1 atom stereocenters. The van der Waals surface area contributed by atoms with Crippen LogP contribution in [0.25, 0.3) is 0 Å². The fourth-order valence-electron chi connectivity index (χ4n) is 3.03. The lowest BCUT2D eigenvalue weighted by molar-refractivity contribution is 0.0552. The van der Waals surface area contributed by atoms with E-state index in [-0.39, 0.29) is 5.91 Å². The molecule has 116 valence electrons. The lowest BCUT2D eigenvalue weighted by atomic mass is 10.00. The predicted molar refractivity (Wildman–Crippen MR) is 87.3 cm³/mol. The third kappa shape index (κ3) is 3.97. The Kier molecular flexibility index (Phi) is 5.62. The van der Waals surface area contributed by atoms with Crippen molar-refractivity contribution in [1.29, 1.82) is 0 Å². The van der Waals surface area contributed by atoms with Gasteiger partial charge in [0.2, 0.25) is 0 Å². The Labute approximate surface area is 127 Å². The van der Waals surface area contributed by atoms with E-state index in [0.717, 1.165) is 44.6 Å². The van der Waals surface area contributed by atoms with Crippen molar-refractivity contribution in [3.63, 3.8) is 0 Å². The Bertz CT molecular complexity index is 454. The highest BCUT2D eigenvalue weighted by Gasteiger charge is 2.28. The van der Waals surface area contributed by atoms with Crippen LogP contribution in [0.1, 0.15) is 43.5 Å². The van der Waals surface area contributed by atoms with E-state index in [1.54, 1.807) is 12.1 Å². The predicted octanol–water partition coefficient (Wildman–Crippen LogP) is 2.61.